The summed E-state index contributed by atoms with van der Waals surface area (Å²) in [4.78, 5) is 16.7. The zero-order chi connectivity index (χ0) is 17.6. The second-order valence-electron chi connectivity index (χ2n) is 6.23. The Kier molecular flexibility index (Phi) is 5.48. The molecule has 0 bridgehead atoms. The fourth-order valence-corrected chi connectivity index (χ4v) is 3.16. The molecule has 1 heterocycles. The maximum atomic E-state index is 13.4. The predicted octanol–water partition coefficient (Wildman–Crippen LogP) is 3.38. The summed E-state index contributed by atoms with van der Waals surface area (Å²) in [5.41, 5.74) is 0.233. The van der Waals surface area contributed by atoms with Gasteiger partial charge < -0.3 is 15.4 Å². The van der Waals surface area contributed by atoms with Gasteiger partial charge in [-0.15, -0.1) is 0 Å². The topological polar surface area (TPSA) is 63.2 Å². The Morgan fingerprint density at radius 3 is 2.60 bits per heavy atom. The molecule has 0 saturated heterocycles. The summed E-state index contributed by atoms with van der Waals surface area (Å²) in [5.74, 6) is 0.510. The van der Waals surface area contributed by atoms with Crippen LogP contribution in [0.1, 0.15) is 36.0 Å². The normalized spacial score (nSPS) is 19.9. The van der Waals surface area contributed by atoms with Gasteiger partial charge in [-0.25, -0.2) is 9.37 Å². The maximum absolute atomic E-state index is 13.4. The van der Waals surface area contributed by atoms with Gasteiger partial charge in [0.05, 0.1) is 12.7 Å². The van der Waals surface area contributed by atoms with Crippen LogP contribution < -0.4 is 15.4 Å². The molecule has 1 aliphatic rings. The van der Waals surface area contributed by atoms with E-state index in [1.807, 2.05) is 18.2 Å². The number of carbonyl (C=O) groups is 1. The lowest BCUT2D eigenvalue weighted by Crippen LogP contribution is -2.40. The van der Waals surface area contributed by atoms with E-state index >= 15 is 0 Å². The Hall–Kier alpha value is -2.63. The Labute approximate surface area is 146 Å². The van der Waals surface area contributed by atoms with Crippen LogP contribution in [-0.4, -0.2) is 30.1 Å². The number of carbonyl (C=O) groups excluding carboxylic acids is 1. The molecule has 132 valence electrons. The van der Waals surface area contributed by atoms with Crippen LogP contribution in [0.15, 0.2) is 42.6 Å². The highest BCUT2D eigenvalue weighted by Gasteiger charge is 2.24. The summed E-state index contributed by atoms with van der Waals surface area (Å²) in [5, 5.41) is 6.41. The largest absolute Gasteiger partial charge is 0.496 e. The molecule has 1 aromatic heterocycles. The lowest BCUT2D eigenvalue weighted by molar-refractivity contribution is 0.0923. The number of pyridine rings is 1. The van der Waals surface area contributed by atoms with Gasteiger partial charge in [-0.2, -0.15) is 0 Å². The summed E-state index contributed by atoms with van der Waals surface area (Å²) in [7, 11) is 1.47. The first-order chi connectivity index (χ1) is 12.2. The number of amides is 1. The summed E-state index contributed by atoms with van der Waals surface area (Å²) in [6.07, 6.45) is 5.39. The third kappa shape index (κ3) is 4.47. The number of nitrogens with zero attached hydrogens (tertiary/aromatic N) is 1. The van der Waals surface area contributed by atoms with Crippen LogP contribution in [0.4, 0.5) is 10.2 Å². The molecule has 0 aliphatic heterocycles. The molecule has 0 atom stereocenters. The summed E-state index contributed by atoms with van der Waals surface area (Å²) in [6, 6.07) is 10.2. The van der Waals surface area contributed by atoms with E-state index in [9.17, 15) is 9.18 Å². The molecule has 1 aromatic carbocycles. The van der Waals surface area contributed by atoms with Crippen molar-refractivity contribution < 1.29 is 13.9 Å². The summed E-state index contributed by atoms with van der Waals surface area (Å²) in [6.45, 7) is 0. The Morgan fingerprint density at radius 1 is 1.16 bits per heavy atom. The summed E-state index contributed by atoms with van der Waals surface area (Å²) >= 11 is 0. The Bertz CT molecular complexity index is 716. The molecule has 1 fully saturated rings. The number of methoxy groups -OCH3 is 1. The first-order valence-electron chi connectivity index (χ1n) is 8.47. The molecule has 5 nitrogen and oxygen atoms in total. The van der Waals surface area contributed by atoms with Gasteiger partial charge in [0.2, 0.25) is 0 Å². The highest BCUT2D eigenvalue weighted by Crippen LogP contribution is 2.23. The quantitative estimate of drug-likeness (QED) is 0.874. The molecule has 1 amide bonds. The monoisotopic (exact) mass is 343 g/mol. The third-order valence-corrected chi connectivity index (χ3v) is 4.49. The van der Waals surface area contributed by atoms with Gasteiger partial charge in [0.15, 0.2) is 0 Å². The van der Waals surface area contributed by atoms with Crippen molar-refractivity contribution in [2.45, 2.75) is 37.8 Å². The van der Waals surface area contributed by atoms with Crippen molar-refractivity contribution in [3.63, 3.8) is 0 Å². The lowest BCUT2D eigenvalue weighted by atomic mass is 9.91. The molecular weight excluding hydrogens is 321 g/mol. The molecule has 25 heavy (non-hydrogen) atoms. The first-order valence-corrected chi connectivity index (χ1v) is 8.47. The number of hydrogen-bond acceptors (Lipinski definition) is 4. The smallest absolute Gasteiger partial charge is 0.255 e. The van der Waals surface area contributed by atoms with Crippen molar-refractivity contribution in [1.29, 1.82) is 0 Å². The van der Waals surface area contributed by atoms with Crippen LogP contribution in [0.25, 0.3) is 0 Å². The number of rotatable bonds is 5. The average Bonchev–Trinajstić information content (AvgIpc) is 2.64. The number of benzene rings is 1. The lowest BCUT2D eigenvalue weighted by Gasteiger charge is -2.30. The number of halogens is 1. The van der Waals surface area contributed by atoms with Crippen LogP contribution in [0.2, 0.25) is 0 Å². The standard InChI is InChI=1S/C19H22FN3O2/c1-25-17-10-5-13(20)12-16(17)19(24)23-15-8-6-14(7-9-15)22-18-4-2-3-11-21-18/h2-5,10-12,14-15H,6-9H2,1H3,(H,21,22)(H,23,24). The predicted molar refractivity (Wildman–Crippen MR) is 94.3 cm³/mol. The number of ether oxygens (including phenoxy) is 1. The van der Waals surface area contributed by atoms with Crippen molar-refractivity contribution in [3.05, 3.63) is 54.0 Å². The Balaban J connectivity index is 1.54. The summed E-state index contributed by atoms with van der Waals surface area (Å²) < 4.78 is 18.6. The number of hydrogen-bond donors (Lipinski definition) is 2. The van der Waals surface area contributed by atoms with E-state index in [0.29, 0.717) is 11.8 Å². The fraction of sp³-hybridized carbons (Fsp3) is 0.368. The minimum Gasteiger partial charge on any atom is -0.496 e. The van der Waals surface area contributed by atoms with Crippen LogP contribution in [-0.2, 0) is 0 Å². The van der Waals surface area contributed by atoms with E-state index in [4.69, 9.17) is 4.74 Å². The minimum absolute atomic E-state index is 0.0854. The van der Waals surface area contributed by atoms with Gasteiger partial charge in [-0.3, -0.25) is 4.79 Å². The van der Waals surface area contributed by atoms with Crippen LogP contribution in [0, 0.1) is 5.82 Å². The first kappa shape index (κ1) is 17.2. The van der Waals surface area contributed by atoms with Crippen molar-refractivity contribution >= 4 is 11.7 Å². The highest BCUT2D eigenvalue weighted by molar-refractivity contribution is 5.97. The molecule has 2 N–H and O–H groups in total. The molecule has 0 radical (unpaired) electrons. The molecule has 2 aromatic rings. The molecule has 0 unspecified atom stereocenters. The fourth-order valence-electron chi connectivity index (χ4n) is 3.16. The average molecular weight is 343 g/mol. The molecule has 0 spiro atoms. The van der Waals surface area contributed by atoms with Crippen molar-refractivity contribution in [2.24, 2.45) is 0 Å². The SMILES string of the molecule is COc1ccc(F)cc1C(=O)NC1CCC(Nc2ccccn2)CC1. The van der Waals surface area contributed by atoms with Crippen LogP contribution in [0.5, 0.6) is 5.75 Å². The molecule has 1 aliphatic carbocycles. The van der Waals surface area contributed by atoms with Crippen LogP contribution >= 0.6 is 0 Å². The maximum Gasteiger partial charge on any atom is 0.255 e. The molecule has 6 heteroatoms. The van der Waals surface area contributed by atoms with E-state index in [2.05, 4.69) is 15.6 Å². The third-order valence-electron chi connectivity index (χ3n) is 4.49. The second kappa shape index (κ2) is 7.96. The van der Waals surface area contributed by atoms with E-state index in [0.717, 1.165) is 31.5 Å². The van der Waals surface area contributed by atoms with Gasteiger partial charge in [-0.1, -0.05) is 6.07 Å². The van der Waals surface area contributed by atoms with E-state index in [-0.39, 0.29) is 17.5 Å². The van der Waals surface area contributed by atoms with Gasteiger partial charge in [0, 0.05) is 18.3 Å². The van der Waals surface area contributed by atoms with Gasteiger partial charge in [0.1, 0.15) is 17.4 Å². The van der Waals surface area contributed by atoms with Crippen molar-refractivity contribution in [2.75, 3.05) is 12.4 Å². The van der Waals surface area contributed by atoms with E-state index in [1.165, 1.54) is 25.3 Å². The zero-order valence-electron chi connectivity index (χ0n) is 14.2. The number of aromatic nitrogens is 1. The second-order valence-corrected chi connectivity index (χ2v) is 6.23. The number of anilines is 1. The van der Waals surface area contributed by atoms with Crippen molar-refractivity contribution in [3.8, 4) is 5.75 Å². The zero-order valence-corrected chi connectivity index (χ0v) is 14.2. The highest BCUT2D eigenvalue weighted by atomic mass is 19.1. The minimum atomic E-state index is -0.450. The number of nitrogens with one attached hydrogen (secondary N) is 2. The molecule has 3 rings (SSSR count). The Morgan fingerprint density at radius 2 is 1.92 bits per heavy atom. The molecule has 1 saturated carbocycles. The van der Waals surface area contributed by atoms with Gasteiger partial charge in [-0.05, 0) is 56.0 Å². The van der Waals surface area contributed by atoms with Crippen molar-refractivity contribution in [1.82, 2.24) is 10.3 Å². The van der Waals surface area contributed by atoms with E-state index in [1.54, 1.807) is 6.20 Å². The van der Waals surface area contributed by atoms with Crippen LogP contribution in [0.3, 0.4) is 0 Å². The van der Waals surface area contributed by atoms with E-state index < -0.39 is 5.82 Å². The van der Waals surface area contributed by atoms with Gasteiger partial charge in [0.25, 0.3) is 5.91 Å². The molecular formula is C19H22FN3O2. The van der Waals surface area contributed by atoms with Gasteiger partial charge >= 0.3 is 0 Å².